The molecular weight excluding hydrogens is 250 g/mol. The van der Waals surface area contributed by atoms with Crippen molar-refractivity contribution in [1.82, 2.24) is 0 Å². The molecule has 0 heterocycles. The van der Waals surface area contributed by atoms with Crippen LogP contribution in [0.25, 0.3) is 0 Å². The predicted octanol–water partition coefficient (Wildman–Crippen LogP) is -3.13. The minimum atomic E-state index is 0. The maximum absolute atomic E-state index is 0. The van der Waals surface area contributed by atoms with E-state index >= 15 is 0 Å². The molecule has 0 nitrogen and oxygen atoms in total. The zero-order chi connectivity index (χ0) is 0. The molecule has 0 N–H and O–H groups in total. The van der Waals surface area contributed by atoms with Crippen LogP contribution in [0.1, 0.15) is 0 Å². The van der Waals surface area contributed by atoms with E-state index in [1.165, 1.54) is 0 Å². The van der Waals surface area contributed by atoms with Crippen molar-refractivity contribution in [1.29, 1.82) is 0 Å². The summed E-state index contributed by atoms with van der Waals surface area (Å²) in [6.45, 7) is 0. The Hall–Kier alpha value is 4.43. The molecule has 0 atom stereocenters. The van der Waals surface area contributed by atoms with Crippen LogP contribution in [0.2, 0.25) is 0 Å². The average molecular weight is 256 g/mol. The van der Waals surface area contributed by atoms with Gasteiger partial charge in [0.05, 0.1) is 0 Å². The summed E-state index contributed by atoms with van der Waals surface area (Å²) in [4.78, 5) is 0. The van der Waals surface area contributed by atoms with Crippen LogP contribution < -0.4 is 0 Å². The molecule has 0 aromatic carbocycles. The first kappa shape index (κ1) is 34.2. The summed E-state index contributed by atoms with van der Waals surface area (Å²) >= 11 is 0. The van der Waals surface area contributed by atoms with Gasteiger partial charge in [0.1, 0.15) is 0 Å². The fourth-order valence-electron chi connectivity index (χ4n) is 0. The van der Waals surface area contributed by atoms with Crippen molar-refractivity contribution in [2.75, 3.05) is 0 Å². The summed E-state index contributed by atoms with van der Waals surface area (Å²) in [6, 6.07) is 0. The van der Waals surface area contributed by atoms with Gasteiger partial charge in [0.15, 0.2) is 0 Å². The molecule has 0 aliphatic carbocycles. The summed E-state index contributed by atoms with van der Waals surface area (Å²) in [6.07, 6.45) is 0. The van der Waals surface area contributed by atoms with Gasteiger partial charge < -0.3 is 0 Å². The van der Waals surface area contributed by atoms with Gasteiger partial charge in [-0.2, -0.15) is 0 Å². The molecule has 0 amide bonds. The third-order valence-electron chi connectivity index (χ3n) is 0. The van der Waals surface area contributed by atoms with Crippen LogP contribution in [0.4, 0.5) is 0 Å². The van der Waals surface area contributed by atoms with Gasteiger partial charge in [-0.05, 0) is 0 Å². The van der Waals surface area contributed by atoms with Gasteiger partial charge in [0.25, 0.3) is 0 Å². The smallest absolute Gasteiger partial charge is 0 e. The second-order valence-electron chi connectivity index (χ2n) is 0. The average Bonchev–Trinajstić information content (AvgIpc) is 0. The summed E-state index contributed by atoms with van der Waals surface area (Å²) < 4.78 is 0. The first-order valence-electron chi connectivity index (χ1n) is 0. The van der Waals surface area contributed by atoms with Gasteiger partial charge in [-0.3, -0.25) is 0 Å². The molecule has 0 aliphatic rings. The van der Waals surface area contributed by atoms with Crippen LogP contribution in [0.3, 0.4) is 0 Å². The molecule has 0 bridgehead atoms. The standard InChI is InChI=1S/Ba.Li.Mg.Na.Ni.6H. The Balaban J connectivity index is 0. The van der Waals surface area contributed by atoms with Crippen molar-refractivity contribution < 1.29 is 16.5 Å². The molecule has 0 aliphatic heterocycles. The van der Waals surface area contributed by atoms with Gasteiger partial charge in [-0.1, -0.05) is 0 Å². The van der Waals surface area contributed by atoms with Crippen molar-refractivity contribution in [3.05, 3.63) is 0 Å². The molecule has 5 heavy (non-hydrogen) atoms. The molecule has 22 valence electrons. The molecule has 0 radical (unpaired) electrons. The van der Waals surface area contributed by atoms with Crippen LogP contribution in [0.15, 0.2) is 0 Å². The van der Waals surface area contributed by atoms with Crippen molar-refractivity contribution in [2.45, 2.75) is 0 Å². The molecular formula is H6BaLiMgNaNi. The summed E-state index contributed by atoms with van der Waals surface area (Å²) in [5.74, 6) is 0. The molecule has 0 saturated carbocycles. The summed E-state index contributed by atoms with van der Waals surface area (Å²) in [7, 11) is 0. The Morgan fingerprint density at radius 3 is 1.00 bits per heavy atom. The van der Waals surface area contributed by atoms with E-state index in [0.717, 1.165) is 0 Å². The number of hydrogen-bond acceptors (Lipinski definition) is 0. The van der Waals surface area contributed by atoms with Gasteiger partial charge in [0.2, 0.25) is 0 Å². The van der Waals surface area contributed by atoms with Crippen molar-refractivity contribution >= 4 is 120 Å². The zero-order valence-corrected chi connectivity index (χ0v) is 1.30. The van der Waals surface area contributed by atoms with Gasteiger partial charge >= 0.3 is 120 Å². The Kier molecular flexibility index (Phi) is 162. The normalized spacial score (nSPS) is 0. The van der Waals surface area contributed by atoms with Crippen LogP contribution in [0.5, 0.6) is 0 Å². The van der Waals surface area contributed by atoms with Gasteiger partial charge in [-0.15, -0.1) is 0 Å². The van der Waals surface area contributed by atoms with Gasteiger partial charge in [0, 0.05) is 16.5 Å². The summed E-state index contributed by atoms with van der Waals surface area (Å²) in [5.41, 5.74) is 0. The monoisotopic (exact) mass is 256 g/mol. The largest absolute Gasteiger partial charge is 0 e. The van der Waals surface area contributed by atoms with E-state index in [2.05, 4.69) is 0 Å². The van der Waals surface area contributed by atoms with Crippen LogP contribution in [-0.4, -0.2) is 120 Å². The molecule has 0 aromatic heterocycles. The van der Waals surface area contributed by atoms with Crippen molar-refractivity contribution in [3.63, 3.8) is 0 Å². The van der Waals surface area contributed by atoms with E-state index in [0.29, 0.717) is 0 Å². The quantitative estimate of drug-likeness (QED) is 0.402. The first-order chi connectivity index (χ1) is 0. The Labute approximate surface area is 133 Å². The molecule has 0 aromatic rings. The third kappa shape index (κ3) is 17.8. The molecule has 0 rings (SSSR count). The Morgan fingerprint density at radius 2 is 1.00 bits per heavy atom. The number of hydrogen-bond donors (Lipinski definition) is 0. The number of rotatable bonds is 0. The Morgan fingerprint density at radius 1 is 1.00 bits per heavy atom. The topological polar surface area (TPSA) is 0 Å². The van der Waals surface area contributed by atoms with E-state index in [1.807, 2.05) is 0 Å². The third-order valence-corrected chi connectivity index (χ3v) is 0. The molecule has 0 unspecified atom stereocenters. The summed E-state index contributed by atoms with van der Waals surface area (Å²) in [5, 5.41) is 0. The molecule has 0 fully saturated rings. The van der Waals surface area contributed by atoms with Crippen LogP contribution in [-0.2, 0) is 16.5 Å². The molecule has 0 saturated heterocycles. The fraction of sp³-hybridized carbons (Fsp3) is 0. The van der Waals surface area contributed by atoms with E-state index in [4.69, 9.17) is 0 Å². The second-order valence-corrected chi connectivity index (χ2v) is 0. The second kappa shape index (κ2) is 23.7. The van der Waals surface area contributed by atoms with Crippen LogP contribution >= 0.6 is 0 Å². The van der Waals surface area contributed by atoms with E-state index in [-0.39, 0.29) is 137 Å². The Bertz CT molecular complexity index is 11.6. The van der Waals surface area contributed by atoms with Gasteiger partial charge in [-0.25, -0.2) is 0 Å². The zero-order valence-electron chi connectivity index (χ0n) is 0.316. The van der Waals surface area contributed by atoms with E-state index < -0.39 is 0 Å². The minimum absolute atomic E-state index is 0. The molecule has 5 heteroatoms. The van der Waals surface area contributed by atoms with Crippen molar-refractivity contribution in [2.24, 2.45) is 0 Å². The fourth-order valence-corrected chi connectivity index (χ4v) is 0. The van der Waals surface area contributed by atoms with E-state index in [1.54, 1.807) is 0 Å². The van der Waals surface area contributed by atoms with E-state index in [9.17, 15) is 0 Å². The van der Waals surface area contributed by atoms with Crippen LogP contribution in [0, 0.1) is 0 Å². The van der Waals surface area contributed by atoms with Crippen molar-refractivity contribution in [3.8, 4) is 0 Å². The first-order valence-corrected chi connectivity index (χ1v) is 0. The maximum Gasteiger partial charge on any atom is 0 e. The molecule has 0 spiro atoms. The SMILES string of the molecule is [BaH2].[LiH].[MgH2].[NaH].[Ni]. The minimum Gasteiger partial charge on any atom is 0 e. The predicted molar refractivity (Wildman–Crippen MR) is 31.4 cm³/mol. The maximum atomic E-state index is 0.